The molecule has 1 unspecified atom stereocenters. The van der Waals surface area contributed by atoms with E-state index in [1.54, 1.807) is 30.3 Å². The third-order valence-electron chi connectivity index (χ3n) is 5.85. The third-order valence-corrected chi connectivity index (χ3v) is 8.03. The minimum absolute atomic E-state index is 0.0000271. The topological polar surface area (TPSA) is 86.8 Å². The highest BCUT2D eigenvalue weighted by Crippen LogP contribution is 2.34. The van der Waals surface area contributed by atoms with Gasteiger partial charge in [0.1, 0.15) is 12.6 Å². The molecule has 0 aliphatic rings. The number of sulfonamides is 1. The van der Waals surface area contributed by atoms with Crippen LogP contribution >= 0.6 is 34.8 Å². The van der Waals surface area contributed by atoms with Crippen LogP contribution in [0, 0.1) is 0 Å². The summed E-state index contributed by atoms with van der Waals surface area (Å²) < 4.78 is 26.6. The van der Waals surface area contributed by atoms with Crippen molar-refractivity contribution in [3.63, 3.8) is 0 Å². The summed E-state index contributed by atoms with van der Waals surface area (Å²) in [5.41, 5.74) is 1.63. The molecule has 0 fully saturated rings. The second kappa shape index (κ2) is 13.5. The van der Waals surface area contributed by atoms with Crippen LogP contribution in [0.15, 0.2) is 72.8 Å². The number of anilines is 1. The molecule has 0 aromatic heterocycles. The molecule has 0 saturated carbocycles. The van der Waals surface area contributed by atoms with Crippen molar-refractivity contribution >= 4 is 62.3 Å². The molecule has 1 atom stereocenters. The van der Waals surface area contributed by atoms with E-state index in [4.69, 9.17) is 34.8 Å². The Morgan fingerprint density at radius 3 is 2.10 bits per heavy atom. The van der Waals surface area contributed by atoms with Crippen LogP contribution in [0.25, 0.3) is 0 Å². The maximum absolute atomic E-state index is 14.0. The Kier molecular flexibility index (Phi) is 10.7. The van der Waals surface area contributed by atoms with Gasteiger partial charge in [-0.3, -0.25) is 13.9 Å². The predicted octanol–water partition coefficient (Wildman–Crippen LogP) is 5.58. The van der Waals surface area contributed by atoms with Gasteiger partial charge in [0.2, 0.25) is 21.8 Å². The van der Waals surface area contributed by atoms with Crippen LogP contribution in [-0.2, 0) is 32.6 Å². The van der Waals surface area contributed by atoms with Crippen LogP contribution < -0.4 is 9.62 Å². The van der Waals surface area contributed by atoms with E-state index in [1.807, 2.05) is 44.2 Å². The summed E-state index contributed by atoms with van der Waals surface area (Å²) in [5.74, 6) is -0.950. The SMILES string of the molecule is CC(C)NC(=O)C(Cc1ccccc1)N(Cc1ccc(Cl)cc1)C(=O)CN(c1cccc(Cl)c1Cl)S(C)(=O)=O. The fourth-order valence-corrected chi connectivity index (χ4v) is 5.43. The molecule has 7 nitrogen and oxygen atoms in total. The van der Waals surface area contributed by atoms with Crippen molar-refractivity contribution < 1.29 is 18.0 Å². The molecule has 0 aliphatic heterocycles. The number of halogens is 3. The fraction of sp³-hybridized carbons (Fsp3) is 0.286. The van der Waals surface area contributed by atoms with E-state index in [1.165, 1.54) is 17.0 Å². The lowest BCUT2D eigenvalue weighted by molar-refractivity contribution is -0.140. The molecule has 208 valence electrons. The molecule has 0 heterocycles. The van der Waals surface area contributed by atoms with Gasteiger partial charge in [-0.15, -0.1) is 0 Å². The molecule has 3 aromatic carbocycles. The number of amides is 2. The molecule has 0 spiro atoms. The first-order valence-corrected chi connectivity index (χ1v) is 15.1. The van der Waals surface area contributed by atoms with Crippen molar-refractivity contribution in [1.82, 2.24) is 10.2 Å². The zero-order valence-corrected chi connectivity index (χ0v) is 24.9. The van der Waals surface area contributed by atoms with Crippen LogP contribution in [0.3, 0.4) is 0 Å². The van der Waals surface area contributed by atoms with E-state index in [9.17, 15) is 18.0 Å². The highest BCUT2D eigenvalue weighted by molar-refractivity contribution is 7.92. The highest BCUT2D eigenvalue weighted by Gasteiger charge is 2.33. The Morgan fingerprint density at radius 2 is 1.51 bits per heavy atom. The minimum Gasteiger partial charge on any atom is -0.352 e. The smallest absolute Gasteiger partial charge is 0.244 e. The van der Waals surface area contributed by atoms with Crippen molar-refractivity contribution in [1.29, 1.82) is 0 Å². The standard InChI is InChI=1S/C28H30Cl3N3O4S/c1-19(2)32-28(36)25(16-20-8-5-4-6-9-20)33(17-21-12-14-22(29)15-13-21)26(35)18-34(39(3,37)38)24-11-7-10-23(30)27(24)31/h4-15,19,25H,16-18H2,1-3H3,(H,32,36). The van der Waals surface area contributed by atoms with Crippen molar-refractivity contribution in [3.05, 3.63) is 99.0 Å². The zero-order valence-electron chi connectivity index (χ0n) is 21.8. The quantitative estimate of drug-likeness (QED) is 0.307. The van der Waals surface area contributed by atoms with Gasteiger partial charge in [0, 0.05) is 24.0 Å². The molecule has 11 heteroatoms. The molecule has 0 bridgehead atoms. The van der Waals surface area contributed by atoms with E-state index < -0.39 is 28.5 Å². The number of hydrogen-bond acceptors (Lipinski definition) is 4. The summed E-state index contributed by atoms with van der Waals surface area (Å²) in [5, 5.41) is 3.57. The van der Waals surface area contributed by atoms with Crippen LogP contribution in [0.5, 0.6) is 0 Å². The summed E-state index contributed by atoms with van der Waals surface area (Å²) in [6, 6.07) is 19.6. The lowest BCUT2D eigenvalue weighted by Gasteiger charge is -2.34. The Bertz CT molecular complexity index is 1400. The van der Waals surface area contributed by atoms with Crippen LogP contribution in [0.4, 0.5) is 5.69 Å². The van der Waals surface area contributed by atoms with E-state index in [-0.39, 0.29) is 40.6 Å². The molecule has 39 heavy (non-hydrogen) atoms. The van der Waals surface area contributed by atoms with Crippen molar-refractivity contribution in [2.75, 3.05) is 17.1 Å². The monoisotopic (exact) mass is 609 g/mol. The Hall–Kier alpha value is -2.78. The van der Waals surface area contributed by atoms with E-state index in [2.05, 4.69) is 5.32 Å². The van der Waals surface area contributed by atoms with Crippen LogP contribution in [0.2, 0.25) is 15.1 Å². The van der Waals surface area contributed by atoms with Gasteiger partial charge in [-0.1, -0.05) is 83.3 Å². The second-order valence-corrected chi connectivity index (χ2v) is 12.5. The highest BCUT2D eigenvalue weighted by atomic mass is 35.5. The molecule has 0 aliphatic carbocycles. The summed E-state index contributed by atoms with van der Waals surface area (Å²) in [6.07, 6.45) is 1.20. The zero-order chi connectivity index (χ0) is 28.7. The molecular formula is C28H30Cl3N3O4S. The normalized spacial score (nSPS) is 12.2. The van der Waals surface area contributed by atoms with Gasteiger partial charge in [0.25, 0.3) is 0 Å². The molecule has 3 rings (SSSR count). The van der Waals surface area contributed by atoms with Gasteiger partial charge < -0.3 is 10.2 Å². The predicted molar refractivity (Wildman–Crippen MR) is 158 cm³/mol. The molecule has 3 aromatic rings. The van der Waals surface area contributed by atoms with Gasteiger partial charge >= 0.3 is 0 Å². The van der Waals surface area contributed by atoms with Crippen LogP contribution in [0.1, 0.15) is 25.0 Å². The van der Waals surface area contributed by atoms with Gasteiger partial charge in [-0.2, -0.15) is 0 Å². The lowest BCUT2D eigenvalue weighted by atomic mass is 10.0. The number of carbonyl (C=O) groups is 2. The maximum atomic E-state index is 14.0. The van der Waals surface area contributed by atoms with E-state index in [0.717, 1.165) is 21.7 Å². The van der Waals surface area contributed by atoms with Crippen molar-refractivity contribution in [2.45, 2.75) is 38.9 Å². The largest absolute Gasteiger partial charge is 0.352 e. The average Bonchev–Trinajstić information content (AvgIpc) is 2.87. The number of benzene rings is 3. The minimum atomic E-state index is -3.96. The maximum Gasteiger partial charge on any atom is 0.244 e. The number of rotatable bonds is 11. The average molecular weight is 611 g/mol. The molecule has 0 radical (unpaired) electrons. The molecule has 2 amide bonds. The second-order valence-electron chi connectivity index (χ2n) is 9.36. The van der Waals surface area contributed by atoms with Crippen molar-refractivity contribution in [3.8, 4) is 0 Å². The number of hydrogen-bond donors (Lipinski definition) is 1. The van der Waals surface area contributed by atoms with E-state index >= 15 is 0 Å². The van der Waals surface area contributed by atoms with Gasteiger partial charge in [-0.25, -0.2) is 8.42 Å². The van der Waals surface area contributed by atoms with Gasteiger partial charge in [0.05, 0.1) is 22.0 Å². The first-order valence-electron chi connectivity index (χ1n) is 12.2. The molecule has 1 N–H and O–H groups in total. The lowest BCUT2D eigenvalue weighted by Crippen LogP contribution is -2.54. The third kappa shape index (κ3) is 8.60. The van der Waals surface area contributed by atoms with Crippen molar-refractivity contribution in [2.24, 2.45) is 0 Å². The number of nitrogens with zero attached hydrogens (tertiary/aromatic N) is 2. The van der Waals surface area contributed by atoms with Gasteiger partial charge in [0.15, 0.2) is 0 Å². The Labute approximate surface area is 244 Å². The summed E-state index contributed by atoms with van der Waals surface area (Å²) in [6.45, 7) is 3.11. The van der Waals surface area contributed by atoms with Gasteiger partial charge in [-0.05, 0) is 49.2 Å². The Morgan fingerprint density at radius 1 is 0.872 bits per heavy atom. The summed E-state index contributed by atoms with van der Waals surface area (Å²) in [4.78, 5) is 28.9. The molecule has 0 saturated heterocycles. The number of nitrogens with one attached hydrogen (secondary N) is 1. The first kappa shape index (κ1) is 30.8. The number of carbonyl (C=O) groups excluding carboxylic acids is 2. The summed E-state index contributed by atoms with van der Waals surface area (Å²) >= 11 is 18.5. The first-order chi connectivity index (χ1) is 18.4. The van der Waals surface area contributed by atoms with E-state index in [0.29, 0.717) is 5.02 Å². The van der Waals surface area contributed by atoms with Crippen LogP contribution in [-0.4, -0.2) is 50.0 Å². The summed E-state index contributed by atoms with van der Waals surface area (Å²) in [7, 11) is -3.96. The molecular weight excluding hydrogens is 581 g/mol. The fourth-order valence-electron chi connectivity index (χ4n) is 4.00. The Balaban J connectivity index is 2.07.